The van der Waals surface area contributed by atoms with E-state index in [0.717, 1.165) is 11.6 Å². The van der Waals surface area contributed by atoms with Crippen molar-refractivity contribution in [1.82, 2.24) is 5.32 Å². The summed E-state index contributed by atoms with van der Waals surface area (Å²) in [5, 5.41) is 4.36. The normalized spacial score (nSPS) is 21.4. The van der Waals surface area contributed by atoms with Gasteiger partial charge >= 0.3 is 0 Å². The zero-order chi connectivity index (χ0) is 9.80. The monoisotopic (exact) mass is 227 g/mol. The molecule has 1 fully saturated rings. The molecule has 2 rings (SSSR count). The largest absolute Gasteiger partial charge is 0.309 e. The molecule has 0 aliphatic carbocycles. The molecule has 1 nitrogen and oxygen atoms in total. The minimum Gasteiger partial charge on any atom is -0.309 e. The number of benzene rings is 1. The maximum absolute atomic E-state index is 5.82. The standard InChI is InChI=1S/C11H14ClNS/c12-10-3-1-9(2-4-10)7-13-11-5-6-14-8-11/h1-4,11,13H,5-8H2. The summed E-state index contributed by atoms with van der Waals surface area (Å²) in [7, 11) is 0. The number of halogens is 1. The van der Waals surface area contributed by atoms with E-state index in [1.165, 1.54) is 23.5 Å². The Balaban J connectivity index is 1.82. The van der Waals surface area contributed by atoms with Gasteiger partial charge in [0.1, 0.15) is 0 Å². The Hall–Kier alpha value is -0.180. The lowest BCUT2D eigenvalue weighted by atomic mass is 10.2. The van der Waals surface area contributed by atoms with Crippen molar-refractivity contribution in [2.24, 2.45) is 0 Å². The van der Waals surface area contributed by atoms with Crippen LogP contribution in [0.1, 0.15) is 12.0 Å². The van der Waals surface area contributed by atoms with Crippen LogP contribution in [0.2, 0.25) is 5.02 Å². The van der Waals surface area contributed by atoms with Crippen LogP contribution in [0, 0.1) is 0 Å². The van der Waals surface area contributed by atoms with Crippen LogP contribution >= 0.6 is 23.4 Å². The van der Waals surface area contributed by atoms with Crippen LogP contribution < -0.4 is 5.32 Å². The molecule has 1 N–H and O–H groups in total. The lowest BCUT2D eigenvalue weighted by Gasteiger charge is -2.10. The van der Waals surface area contributed by atoms with Gasteiger partial charge in [0.2, 0.25) is 0 Å². The SMILES string of the molecule is Clc1ccc(CNC2CCSC2)cc1. The van der Waals surface area contributed by atoms with Crippen LogP contribution in [0.3, 0.4) is 0 Å². The molecule has 1 saturated heterocycles. The van der Waals surface area contributed by atoms with Gasteiger partial charge in [-0.1, -0.05) is 23.7 Å². The van der Waals surface area contributed by atoms with Crippen LogP contribution in [0.15, 0.2) is 24.3 Å². The maximum Gasteiger partial charge on any atom is 0.0406 e. The van der Waals surface area contributed by atoms with Crippen LogP contribution in [0.5, 0.6) is 0 Å². The van der Waals surface area contributed by atoms with Crippen LogP contribution in [0.25, 0.3) is 0 Å². The van der Waals surface area contributed by atoms with E-state index in [-0.39, 0.29) is 0 Å². The molecule has 1 aromatic rings. The Bertz CT molecular complexity index is 280. The second kappa shape index (κ2) is 5.06. The summed E-state index contributed by atoms with van der Waals surface area (Å²) in [6.07, 6.45) is 1.30. The van der Waals surface area contributed by atoms with Crippen LogP contribution in [0.4, 0.5) is 0 Å². The zero-order valence-electron chi connectivity index (χ0n) is 8.00. The number of nitrogens with one attached hydrogen (secondary N) is 1. The Morgan fingerprint density at radius 3 is 2.79 bits per heavy atom. The molecule has 14 heavy (non-hydrogen) atoms. The molecule has 0 aromatic heterocycles. The number of hydrogen-bond acceptors (Lipinski definition) is 2. The molecule has 0 spiro atoms. The smallest absolute Gasteiger partial charge is 0.0406 e. The van der Waals surface area contributed by atoms with E-state index in [1.54, 1.807) is 0 Å². The molecule has 0 saturated carbocycles. The fourth-order valence-electron chi connectivity index (χ4n) is 1.56. The van der Waals surface area contributed by atoms with Gasteiger partial charge in [-0.25, -0.2) is 0 Å². The lowest BCUT2D eigenvalue weighted by molar-refractivity contribution is 0.558. The summed E-state index contributed by atoms with van der Waals surface area (Å²) in [4.78, 5) is 0. The third-order valence-electron chi connectivity index (χ3n) is 2.44. The molecule has 1 aliphatic heterocycles. The van der Waals surface area contributed by atoms with Crippen molar-refractivity contribution < 1.29 is 0 Å². The molecule has 1 atom stereocenters. The topological polar surface area (TPSA) is 12.0 Å². The van der Waals surface area contributed by atoms with Gasteiger partial charge in [-0.05, 0) is 29.9 Å². The van der Waals surface area contributed by atoms with Gasteiger partial charge in [0.15, 0.2) is 0 Å². The minimum atomic E-state index is 0.704. The summed E-state index contributed by atoms with van der Waals surface area (Å²) >= 11 is 7.85. The summed E-state index contributed by atoms with van der Waals surface area (Å²) in [6.45, 7) is 0.961. The van der Waals surface area contributed by atoms with Gasteiger partial charge in [-0.2, -0.15) is 11.8 Å². The second-order valence-corrected chi connectivity index (χ2v) is 5.15. The predicted molar refractivity (Wildman–Crippen MR) is 64.0 cm³/mol. The number of hydrogen-bond donors (Lipinski definition) is 1. The summed E-state index contributed by atoms with van der Waals surface area (Å²) in [5.74, 6) is 2.56. The summed E-state index contributed by atoms with van der Waals surface area (Å²) < 4.78 is 0. The van der Waals surface area contributed by atoms with Gasteiger partial charge in [0.05, 0.1) is 0 Å². The molecule has 0 radical (unpaired) electrons. The molecule has 1 heterocycles. The Morgan fingerprint density at radius 2 is 2.14 bits per heavy atom. The average Bonchev–Trinajstić information content (AvgIpc) is 2.70. The van der Waals surface area contributed by atoms with Crippen LogP contribution in [-0.4, -0.2) is 17.5 Å². The Kier molecular flexibility index (Phi) is 3.74. The van der Waals surface area contributed by atoms with E-state index in [2.05, 4.69) is 17.4 Å². The number of thioether (sulfide) groups is 1. The highest BCUT2D eigenvalue weighted by Gasteiger charge is 2.13. The second-order valence-electron chi connectivity index (χ2n) is 3.57. The van der Waals surface area contributed by atoms with Gasteiger partial charge in [-0.3, -0.25) is 0 Å². The summed E-state index contributed by atoms with van der Waals surface area (Å²) in [5.41, 5.74) is 1.31. The Morgan fingerprint density at radius 1 is 1.36 bits per heavy atom. The molecular formula is C11H14ClNS. The van der Waals surface area contributed by atoms with Gasteiger partial charge in [0.25, 0.3) is 0 Å². The molecule has 1 aliphatic rings. The van der Waals surface area contributed by atoms with Crippen molar-refractivity contribution in [3.63, 3.8) is 0 Å². The molecule has 1 aromatic carbocycles. The van der Waals surface area contributed by atoms with E-state index in [0.29, 0.717) is 6.04 Å². The van der Waals surface area contributed by atoms with Crippen molar-refractivity contribution in [2.75, 3.05) is 11.5 Å². The van der Waals surface area contributed by atoms with Gasteiger partial charge in [-0.15, -0.1) is 0 Å². The van der Waals surface area contributed by atoms with E-state index < -0.39 is 0 Å². The van der Waals surface area contributed by atoms with Gasteiger partial charge in [0, 0.05) is 23.4 Å². The first kappa shape index (κ1) is 10.3. The first-order valence-electron chi connectivity index (χ1n) is 4.90. The van der Waals surface area contributed by atoms with Gasteiger partial charge < -0.3 is 5.32 Å². The molecule has 0 amide bonds. The average molecular weight is 228 g/mol. The molecule has 1 unspecified atom stereocenters. The number of rotatable bonds is 3. The molecular weight excluding hydrogens is 214 g/mol. The first-order chi connectivity index (χ1) is 6.84. The van der Waals surface area contributed by atoms with E-state index in [1.807, 2.05) is 23.9 Å². The molecule has 3 heteroatoms. The van der Waals surface area contributed by atoms with E-state index >= 15 is 0 Å². The zero-order valence-corrected chi connectivity index (χ0v) is 9.57. The minimum absolute atomic E-state index is 0.704. The highest BCUT2D eigenvalue weighted by atomic mass is 35.5. The van der Waals surface area contributed by atoms with Crippen LogP contribution in [-0.2, 0) is 6.54 Å². The highest BCUT2D eigenvalue weighted by Crippen LogP contribution is 2.17. The van der Waals surface area contributed by atoms with Crippen molar-refractivity contribution >= 4 is 23.4 Å². The van der Waals surface area contributed by atoms with Crippen molar-refractivity contribution in [1.29, 1.82) is 0 Å². The van der Waals surface area contributed by atoms with Crippen molar-refractivity contribution in [2.45, 2.75) is 19.0 Å². The van der Waals surface area contributed by atoms with Crippen molar-refractivity contribution in [3.05, 3.63) is 34.9 Å². The van der Waals surface area contributed by atoms with Crippen molar-refractivity contribution in [3.8, 4) is 0 Å². The lowest BCUT2D eigenvalue weighted by Crippen LogP contribution is -2.27. The third-order valence-corrected chi connectivity index (χ3v) is 3.85. The Labute approximate surface area is 94.2 Å². The quantitative estimate of drug-likeness (QED) is 0.852. The fourth-order valence-corrected chi connectivity index (χ4v) is 2.87. The predicted octanol–water partition coefficient (Wildman–Crippen LogP) is 2.94. The molecule has 0 bridgehead atoms. The van der Waals surface area contributed by atoms with E-state index in [9.17, 15) is 0 Å². The highest BCUT2D eigenvalue weighted by molar-refractivity contribution is 7.99. The summed E-state index contributed by atoms with van der Waals surface area (Å²) in [6, 6.07) is 8.76. The third kappa shape index (κ3) is 2.91. The first-order valence-corrected chi connectivity index (χ1v) is 6.43. The maximum atomic E-state index is 5.82. The van der Waals surface area contributed by atoms with E-state index in [4.69, 9.17) is 11.6 Å². The fraction of sp³-hybridized carbons (Fsp3) is 0.455. The molecule has 76 valence electrons.